The smallest absolute Gasteiger partial charge is 0.0664 e. The van der Waals surface area contributed by atoms with Gasteiger partial charge in [0, 0.05) is 5.69 Å². The highest BCUT2D eigenvalue weighted by Gasteiger charge is 2.41. The first kappa shape index (κ1) is 14.4. The summed E-state index contributed by atoms with van der Waals surface area (Å²) in [5, 5.41) is 13.7. The van der Waals surface area contributed by atoms with Crippen LogP contribution in [0.2, 0.25) is 0 Å². The number of nitrogens with one attached hydrogen (secondary N) is 1. The quantitative estimate of drug-likeness (QED) is 0.859. The van der Waals surface area contributed by atoms with E-state index >= 15 is 0 Å². The van der Waals surface area contributed by atoms with Crippen LogP contribution in [0.15, 0.2) is 24.3 Å². The van der Waals surface area contributed by atoms with Gasteiger partial charge in [-0.2, -0.15) is 0 Å². The largest absolute Gasteiger partial charge is 0.394 e. The zero-order chi connectivity index (χ0) is 13.9. The van der Waals surface area contributed by atoms with Crippen molar-refractivity contribution in [3.05, 3.63) is 29.8 Å². The highest BCUT2D eigenvalue weighted by Crippen LogP contribution is 2.40. The van der Waals surface area contributed by atoms with E-state index in [1.807, 2.05) is 0 Å². The Morgan fingerprint density at radius 1 is 1.32 bits per heavy atom. The van der Waals surface area contributed by atoms with Crippen molar-refractivity contribution >= 4 is 5.69 Å². The zero-order valence-corrected chi connectivity index (χ0v) is 12.4. The molecule has 2 rings (SSSR count). The lowest BCUT2D eigenvalue weighted by atomic mass is 9.68. The Hall–Kier alpha value is -1.02. The summed E-state index contributed by atoms with van der Waals surface area (Å²) in [6.45, 7) is 6.91. The minimum Gasteiger partial charge on any atom is -0.394 e. The summed E-state index contributed by atoms with van der Waals surface area (Å²) in [4.78, 5) is 0. The van der Waals surface area contributed by atoms with Gasteiger partial charge in [-0.25, -0.2) is 0 Å². The van der Waals surface area contributed by atoms with E-state index in [1.165, 1.54) is 30.5 Å². The number of para-hydroxylation sites is 1. The molecule has 0 saturated heterocycles. The molecule has 106 valence electrons. The predicted octanol–water partition coefficient (Wildman–Crippen LogP) is 3.98. The van der Waals surface area contributed by atoms with E-state index in [0.717, 1.165) is 6.42 Å². The summed E-state index contributed by atoms with van der Waals surface area (Å²) in [5.41, 5.74) is 2.28. The van der Waals surface area contributed by atoms with Gasteiger partial charge in [-0.1, -0.05) is 44.9 Å². The molecule has 0 bridgehead atoms. The minimum absolute atomic E-state index is 0.140. The van der Waals surface area contributed by atoms with Gasteiger partial charge in [-0.3, -0.25) is 0 Å². The summed E-state index contributed by atoms with van der Waals surface area (Å²) in [5.74, 6) is 1.15. The number of aliphatic hydroxyl groups is 1. The topological polar surface area (TPSA) is 32.3 Å². The van der Waals surface area contributed by atoms with E-state index in [1.54, 1.807) is 0 Å². The molecule has 2 unspecified atom stereocenters. The van der Waals surface area contributed by atoms with E-state index in [0.29, 0.717) is 11.8 Å². The average Bonchev–Trinajstić information content (AvgIpc) is 2.41. The number of rotatable bonds is 4. The molecule has 1 aliphatic carbocycles. The van der Waals surface area contributed by atoms with Gasteiger partial charge in [0.1, 0.15) is 0 Å². The third kappa shape index (κ3) is 2.94. The fourth-order valence-electron chi connectivity index (χ4n) is 3.61. The standard InChI is InChI=1S/C17H27NO/c1-13(2)15-9-6-7-11-17(15,12-19)18-16-10-5-4-8-14(16)3/h4-5,8,10,13,15,18-19H,6-7,9,11-12H2,1-3H3. The fourth-order valence-corrected chi connectivity index (χ4v) is 3.61. The van der Waals surface area contributed by atoms with Crippen LogP contribution in [0.25, 0.3) is 0 Å². The monoisotopic (exact) mass is 261 g/mol. The van der Waals surface area contributed by atoms with Gasteiger partial charge in [0.2, 0.25) is 0 Å². The number of aliphatic hydroxyl groups excluding tert-OH is 1. The van der Waals surface area contributed by atoms with Crippen molar-refractivity contribution in [2.75, 3.05) is 11.9 Å². The number of benzene rings is 1. The fraction of sp³-hybridized carbons (Fsp3) is 0.647. The maximum atomic E-state index is 10.1. The molecule has 0 aromatic heterocycles. The van der Waals surface area contributed by atoms with Crippen molar-refractivity contribution in [2.24, 2.45) is 11.8 Å². The Bertz CT molecular complexity index is 415. The molecule has 0 spiro atoms. The first-order chi connectivity index (χ1) is 9.09. The van der Waals surface area contributed by atoms with Crippen molar-refractivity contribution in [3.8, 4) is 0 Å². The molecule has 1 aliphatic rings. The van der Waals surface area contributed by atoms with Crippen LogP contribution in [0, 0.1) is 18.8 Å². The zero-order valence-electron chi connectivity index (χ0n) is 12.4. The number of hydrogen-bond acceptors (Lipinski definition) is 2. The Balaban J connectivity index is 2.28. The Morgan fingerprint density at radius 3 is 2.68 bits per heavy atom. The number of aryl methyl sites for hydroxylation is 1. The van der Waals surface area contributed by atoms with Crippen LogP contribution >= 0.6 is 0 Å². The van der Waals surface area contributed by atoms with Crippen molar-refractivity contribution in [2.45, 2.75) is 52.0 Å². The van der Waals surface area contributed by atoms with Crippen LogP contribution in [-0.2, 0) is 0 Å². The molecule has 1 aromatic rings. The van der Waals surface area contributed by atoms with Crippen LogP contribution in [0.1, 0.15) is 45.1 Å². The van der Waals surface area contributed by atoms with Crippen molar-refractivity contribution in [1.82, 2.24) is 0 Å². The van der Waals surface area contributed by atoms with Crippen molar-refractivity contribution in [3.63, 3.8) is 0 Å². The second-order valence-corrected chi connectivity index (χ2v) is 6.35. The van der Waals surface area contributed by atoms with Crippen LogP contribution in [0.4, 0.5) is 5.69 Å². The first-order valence-electron chi connectivity index (χ1n) is 7.54. The lowest BCUT2D eigenvalue weighted by Gasteiger charge is -2.46. The SMILES string of the molecule is Cc1ccccc1NC1(CO)CCCCC1C(C)C. The lowest BCUT2D eigenvalue weighted by Crippen LogP contribution is -2.52. The summed E-state index contributed by atoms with van der Waals surface area (Å²) < 4.78 is 0. The van der Waals surface area contributed by atoms with Crippen LogP contribution in [0.5, 0.6) is 0 Å². The molecule has 19 heavy (non-hydrogen) atoms. The molecule has 0 amide bonds. The second kappa shape index (κ2) is 5.96. The summed E-state index contributed by atoms with van der Waals surface area (Å²) in [7, 11) is 0. The van der Waals surface area contributed by atoms with Crippen LogP contribution in [0.3, 0.4) is 0 Å². The molecule has 2 atom stereocenters. The van der Waals surface area contributed by atoms with Gasteiger partial charge in [0.05, 0.1) is 12.1 Å². The Morgan fingerprint density at radius 2 is 2.05 bits per heavy atom. The molecule has 0 heterocycles. The third-order valence-electron chi connectivity index (χ3n) is 4.71. The van der Waals surface area contributed by atoms with Gasteiger partial charge >= 0.3 is 0 Å². The van der Waals surface area contributed by atoms with E-state index < -0.39 is 0 Å². The normalized spacial score (nSPS) is 27.5. The second-order valence-electron chi connectivity index (χ2n) is 6.35. The van der Waals surface area contributed by atoms with Gasteiger partial charge in [-0.15, -0.1) is 0 Å². The van der Waals surface area contributed by atoms with E-state index in [2.05, 4.69) is 50.4 Å². The molecule has 2 N–H and O–H groups in total. The van der Waals surface area contributed by atoms with Gasteiger partial charge in [0.15, 0.2) is 0 Å². The molecule has 0 radical (unpaired) electrons. The van der Waals surface area contributed by atoms with Crippen LogP contribution in [-0.4, -0.2) is 17.3 Å². The maximum Gasteiger partial charge on any atom is 0.0664 e. The average molecular weight is 261 g/mol. The molecular weight excluding hydrogens is 234 g/mol. The third-order valence-corrected chi connectivity index (χ3v) is 4.71. The molecule has 2 nitrogen and oxygen atoms in total. The molecule has 2 heteroatoms. The lowest BCUT2D eigenvalue weighted by molar-refractivity contribution is 0.0897. The molecule has 1 fully saturated rings. The summed E-state index contributed by atoms with van der Waals surface area (Å²) in [6.07, 6.45) is 4.79. The van der Waals surface area contributed by atoms with Crippen molar-refractivity contribution in [1.29, 1.82) is 0 Å². The minimum atomic E-state index is -0.140. The Labute approximate surface area is 117 Å². The molecule has 1 aromatic carbocycles. The van der Waals surface area contributed by atoms with Crippen molar-refractivity contribution < 1.29 is 5.11 Å². The maximum absolute atomic E-state index is 10.1. The van der Waals surface area contributed by atoms with Gasteiger partial charge in [0.25, 0.3) is 0 Å². The van der Waals surface area contributed by atoms with E-state index in [4.69, 9.17) is 0 Å². The predicted molar refractivity (Wildman–Crippen MR) is 81.4 cm³/mol. The Kier molecular flexibility index (Phi) is 4.51. The van der Waals surface area contributed by atoms with Gasteiger partial charge < -0.3 is 10.4 Å². The summed E-state index contributed by atoms with van der Waals surface area (Å²) >= 11 is 0. The number of hydrogen-bond donors (Lipinski definition) is 2. The highest BCUT2D eigenvalue weighted by atomic mass is 16.3. The summed E-state index contributed by atoms with van der Waals surface area (Å²) in [6, 6.07) is 8.37. The van der Waals surface area contributed by atoms with Crippen LogP contribution < -0.4 is 5.32 Å². The highest BCUT2D eigenvalue weighted by molar-refractivity contribution is 5.52. The molecule has 1 saturated carbocycles. The van der Waals surface area contributed by atoms with E-state index in [9.17, 15) is 5.11 Å². The van der Waals surface area contributed by atoms with E-state index in [-0.39, 0.29) is 12.1 Å². The van der Waals surface area contributed by atoms with Gasteiger partial charge in [-0.05, 0) is 43.2 Å². The molecular formula is C17H27NO. The molecule has 0 aliphatic heterocycles. The first-order valence-corrected chi connectivity index (χ1v) is 7.54. The number of anilines is 1.